The summed E-state index contributed by atoms with van der Waals surface area (Å²) in [4.78, 5) is 49.4. The van der Waals surface area contributed by atoms with Crippen LogP contribution in [-0.2, 0) is 30.5 Å². The second-order valence-electron chi connectivity index (χ2n) is 8.07. The first kappa shape index (κ1) is 24.7. The number of halogens is 1. The minimum Gasteiger partial charge on any atom is -0.461 e. The molecular weight excluding hydrogens is 422 g/mol. The number of amides is 3. The van der Waals surface area contributed by atoms with Crippen molar-refractivity contribution >= 4 is 35.3 Å². The highest BCUT2D eigenvalue weighted by Crippen LogP contribution is 2.18. The van der Waals surface area contributed by atoms with E-state index in [0.717, 1.165) is 10.6 Å². The molecule has 2 atom stereocenters. The van der Waals surface area contributed by atoms with Crippen LogP contribution < -0.4 is 10.7 Å². The number of rotatable bonds is 10. The molecule has 1 aliphatic heterocycles. The average molecular weight is 452 g/mol. The Bertz CT molecular complexity index is 772. The summed E-state index contributed by atoms with van der Waals surface area (Å²) < 4.78 is 5.31. The molecule has 0 radical (unpaired) electrons. The second kappa shape index (κ2) is 12.3. The van der Waals surface area contributed by atoms with Crippen LogP contribution in [0, 0.1) is 17.8 Å². The largest absolute Gasteiger partial charge is 0.461 e. The van der Waals surface area contributed by atoms with Crippen LogP contribution in [0.25, 0.3) is 0 Å². The van der Waals surface area contributed by atoms with Crippen LogP contribution in [0.15, 0.2) is 30.3 Å². The van der Waals surface area contributed by atoms with Crippen LogP contribution >= 0.6 is 11.6 Å². The van der Waals surface area contributed by atoms with Crippen LogP contribution in [0.1, 0.15) is 38.7 Å². The smallest absolute Gasteiger partial charge is 0.306 e. The SMILES string of the molecule is CC(C)C[C@@H](CC(=O)OCc1ccccc1)C(=O)NN(C[C@@H]1CCNC1=O)C(=O)CCl. The lowest BCUT2D eigenvalue weighted by molar-refractivity contribution is -0.150. The van der Waals surface area contributed by atoms with Crippen LogP contribution in [0.4, 0.5) is 0 Å². The quantitative estimate of drug-likeness (QED) is 0.321. The number of ether oxygens (including phenoxy) is 1. The van der Waals surface area contributed by atoms with E-state index in [9.17, 15) is 19.2 Å². The van der Waals surface area contributed by atoms with Crippen molar-refractivity contribution in [2.24, 2.45) is 17.8 Å². The summed E-state index contributed by atoms with van der Waals surface area (Å²) in [5, 5.41) is 3.79. The van der Waals surface area contributed by atoms with Gasteiger partial charge in [0.05, 0.1) is 24.8 Å². The molecule has 1 aromatic rings. The van der Waals surface area contributed by atoms with Crippen LogP contribution in [0.5, 0.6) is 0 Å². The van der Waals surface area contributed by atoms with Gasteiger partial charge in [0.15, 0.2) is 0 Å². The number of hydrogen-bond donors (Lipinski definition) is 2. The fourth-order valence-electron chi connectivity index (χ4n) is 3.40. The van der Waals surface area contributed by atoms with Gasteiger partial charge in [-0.25, -0.2) is 0 Å². The number of nitrogens with zero attached hydrogens (tertiary/aromatic N) is 1. The van der Waals surface area contributed by atoms with E-state index in [4.69, 9.17) is 16.3 Å². The van der Waals surface area contributed by atoms with Crippen molar-refractivity contribution in [3.05, 3.63) is 35.9 Å². The first-order valence-electron chi connectivity index (χ1n) is 10.4. The van der Waals surface area contributed by atoms with E-state index in [1.165, 1.54) is 0 Å². The summed E-state index contributed by atoms with van der Waals surface area (Å²) in [6.07, 6.45) is 0.908. The summed E-state index contributed by atoms with van der Waals surface area (Å²) in [6, 6.07) is 9.27. The fraction of sp³-hybridized carbons (Fsp3) is 0.545. The maximum atomic E-state index is 12.9. The Morgan fingerprint density at radius 3 is 2.55 bits per heavy atom. The Labute approximate surface area is 187 Å². The minimum absolute atomic E-state index is 0.0377. The van der Waals surface area contributed by atoms with Gasteiger partial charge in [-0.1, -0.05) is 44.2 Å². The highest BCUT2D eigenvalue weighted by Gasteiger charge is 2.31. The Kier molecular flexibility index (Phi) is 9.78. The van der Waals surface area contributed by atoms with Crippen molar-refractivity contribution in [1.29, 1.82) is 0 Å². The minimum atomic E-state index is -0.675. The van der Waals surface area contributed by atoms with Crippen molar-refractivity contribution in [2.45, 2.75) is 39.7 Å². The molecule has 2 rings (SSSR count). The third-order valence-corrected chi connectivity index (χ3v) is 5.24. The molecule has 1 saturated heterocycles. The number of carbonyl (C=O) groups is 4. The first-order chi connectivity index (χ1) is 14.8. The summed E-state index contributed by atoms with van der Waals surface area (Å²) in [6.45, 7) is 4.59. The zero-order chi connectivity index (χ0) is 22.8. The van der Waals surface area contributed by atoms with Crippen molar-refractivity contribution in [2.75, 3.05) is 19.0 Å². The third-order valence-electron chi connectivity index (χ3n) is 5.01. The van der Waals surface area contributed by atoms with Crippen LogP contribution in [-0.4, -0.2) is 47.7 Å². The average Bonchev–Trinajstić information content (AvgIpc) is 3.15. The standard InChI is InChI=1S/C22H30ClN3O5/c1-15(2)10-18(11-20(28)31-14-16-6-4-3-5-7-16)22(30)25-26(19(27)12-23)13-17-8-9-24-21(17)29/h3-7,15,17-18H,8-14H2,1-2H3,(H,24,29)(H,25,30)/t17-,18-/m0/s1. The summed E-state index contributed by atoms with van der Waals surface area (Å²) in [7, 11) is 0. The molecule has 0 bridgehead atoms. The van der Waals surface area contributed by atoms with Gasteiger partial charge in [0.2, 0.25) is 11.8 Å². The Morgan fingerprint density at radius 2 is 1.97 bits per heavy atom. The molecule has 0 aromatic heterocycles. The number of hydrazine groups is 1. The molecule has 170 valence electrons. The molecule has 9 heteroatoms. The number of nitrogens with one attached hydrogen (secondary N) is 2. The summed E-state index contributed by atoms with van der Waals surface area (Å²) in [5.74, 6) is -2.90. The van der Waals surface area contributed by atoms with Gasteiger partial charge in [0, 0.05) is 6.54 Å². The first-order valence-corrected chi connectivity index (χ1v) is 11.0. The van der Waals surface area contributed by atoms with Gasteiger partial charge in [0.1, 0.15) is 12.5 Å². The Balaban J connectivity index is 1.99. The summed E-state index contributed by atoms with van der Waals surface area (Å²) >= 11 is 5.68. The van der Waals surface area contributed by atoms with Gasteiger partial charge in [-0.15, -0.1) is 11.6 Å². The lowest BCUT2D eigenvalue weighted by Crippen LogP contribution is -2.51. The second-order valence-corrected chi connectivity index (χ2v) is 8.33. The van der Waals surface area contributed by atoms with Gasteiger partial charge in [-0.3, -0.25) is 29.6 Å². The van der Waals surface area contributed by atoms with E-state index in [0.29, 0.717) is 19.4 Å². The van der Waals surface area contributed by atoms with E-state index in [1.54, 1.807) is 0 Å². The topological polar surface area (TPSA) is 105 Å². The predicted octanol–water partition coefficient (Wildman–Crippen LogP) is 2.02. The van der Waals surface area contributed by atoms with Crippen molar-refractivity contribution < 1.29 is 23.9 Å². The number of hydrogen-bond acceptors (Lipinski definition) is 5. The molecule has 2 N–H and O–H groups in total. The molecule has 0 aliphatic carbocycles. The molecular formula is C22H30ClN3O5. The van der Waals surface area contributed by atoms with Crippen LogP contribution in [0.3, 0.4) is 0 Å². The van der Waals surface area contributed by atoms with Crippen LogP contribution in [0.2, 0.25) is 0 Å². The number of benzene rings is 1. The molecule has 1 aromatic carbocycles. The normalized spacial score (nSPS) is 16.5. The third kappa shape index (κ3) is 8.20. The number of carbonyl (C=O) groups excluding carboxylic acids is 4. The summed E-state index contributed by atoms with van der Waals surface area (Å²) in [5.41, 5.74) is 3.43. The number of esters is 1. The molecule has 1 heterocycles. The maximum absolute atomic E-state index is 12.9. The van der Waals surface area contributed by atoms with Crippen molar-refractivity contribution in [3.8, 4) is 0 Å². The number of alkyl halides is 1. The van der Waals surface area contributed by atoms with Gasteiger partial charge in [0.25, 0.3) is 5.91 Å². The van der Waals surface area contributed by atoms with Crippen molar-refractivity contribution in [3.63, 3.8) is 0 Å². The fourth-order valence-corrected chi connectivity index (χ4v) is 3.54. The van der Waals surface area contributed by atoms with E-state index in [2.05, 4.69) is 10.7 Å². The van der Waals surface area contributed by atoms with E-state index >= 15 is 0 Å². The molecule has 0 saturated carbocycles. The molecule has 1 fully saturated rings. The van der Waals surface area contributed by atoms with Gasteiger partial charge in [-0.05, 0) is 24.3 Å². The van der Waals surface area contributed by atoms with Gasteiger partial charge in [-0.2, -0.15) is 0 Å². The Morgan fingerprint density at radius 1 is 1.26 bits per heavy atom. The van der Waals surface area contributed by atoms with Gasteiger partial charge < -0.3 is 10.1 Å². The highest BCUT2D eigenvalue weighted by molar-refractivity contribution is 6.27. The molecule has 1 aliphatic rings. The lowest BCUT2D eigenvalue weighted by atomic mass is 9.93. The predicted molar refractivity (Wildman–Crippen MR) is 115 cm³/mol. The molecule has 0 spiro atoms. The monoisotopic (exact) mass is 451 g/mol. The molecule has 3 amide bonds. The maximum Gasteiger partial charge on any atom is 0.306 e. The van der Waals surface area contributed by atoms with E-state index in [-0.39, 0.29) is 37.3 Å². The van der Waals surface area contributed by atoms with Gasteiger partial charge >= 0.3 is 5.97 Å². The lowest BCUT2D eigenvalue weighted by Gasteiger charge is -2.27. The zero-order valence-electron chi connectivity index (χ0n) is 17.9. The zero-order valence-corrected chi connectivity index (χ0v) is 18.7. The highest BCUT2D eigenvalue weighted by atomic mass is 35.5. The van der Waals surface area contributed by atoms with E-state index in [1.807, 2.05) is 44.2 Å². The molecule has 8 nitrogen and oxygen atoms in total. The van der Waals surface area contributed by atoms with E-state index < -0.39 is 29.6 Å². The van der Waals surface area contributed by atoms with Crippen molar-refractivity contribution in [1.82, 2.24) is 15.8 Å². The Hall–Kier alpha value is -2.61. The molecule has 0 unspecified atom stereocenters. The molecule has 31 heavy (non-hydrogen) atoms.